The number of hydrogen-bond acceptors (Lipinski definition) is 9. The lowest BCUT2D eigenvalue weighted by Gasteiger charge is -1.95. The molecule has 248 valence electrons. The van der Waals surface area contributed by atoms with Crippen molar-refractivity contribution in [3.05, 3.63) is 106 Å². The number of imidazole rings is 4. The van der Waals surface area contributed by atoms with Gasteiger partial charge in [0.1, 0.15) is 18.2 Å². The van der Waals surface area contributed by atoms with Crippen LogP contribution in [-0.4, -0.2) is 54.9 Å². The lowest BCUT2D eigenvalue weighted by molar-refractivity contribution is 0.630. The third-order valence-electron chi connectivity index (χ3n) is 6.54. The zero-order valence-corrected chi connectivity index (χ0v) is 26.0. The van der Waals surface area contributed by atoms with Crippen molar-refractivity contribution in [1.82, 2.24) is 54.9 Å². The Morgan fingerprint density at radius 3 is 1.98 bits per heavy atom. The van der Waals surface area contributed by atoms with Crippen LogP contribution >= 0.6 is 12.4 Å². The monoisotopic (exact) mass is 668 g/mol. The van der Waals surface area contributed by atoms with Crippen LogP contribution in [0.1, 0.15) is 42.6 Å². The molecule has 0 radical (unpaired) electrons. The Labute approximate surface area is 282 Å². The third kappa shape index (κ3) is 10.4. The maximum atomic E-state index is 8.12. The lowest BCUT2D eigenvalue weighted by Crippen LogP contribution is -2.02. The molecule has 0 bridgehead atoms. The fourth-order valence-electron chi connectivity index (χ4n) is 4.42. The second kappa shape index (κ2) is 18.0. The fourth-order valence-corrected chi connectivity index (χ4v) is 4.42. The predicted octanol–water partition coefficient (Wildman–Crippen LogP) is 5.28. The van der Waals surface area contributed by atoms with Gasteiger partial charge in [0, 0.05) is 35.3 Å². The zero-order chi connectivity index (χ0) is 32.1. The summed E-state index contributed by atoms with van der Waals surface area (Å²) < 4.78 is 1.79. The van der Waals surface area contributed by atoms with Crippen LogP contribution in [0.5, 0.6) is 0 Å². The Morgan fingerprint density at radius 2 is 1.42 bits per heavy atom. The number of nitrogens with one attached hydrogen (secondary N) is 4. The van der Waals surface area contributed by atoms with Crippen molar-refractivity contribution < 1.29 is 0 Å². The molecule has 48 heavy (non-hydrogen) atoms. The number of para-hydroxylation sites is 4. The summed E-state index contributed by atoms with van der Waals surface area (Å²) in [6.45, 7) is 0.837. The van der Waals surface area contributed by atoms with E-state index in [-0.39, 0.29) is 26.4 Å². The van der Waals surface area contributed by atoms with Crippen molar-refractivity contribution in [2.75, 3.05) is 11.5 Å². The number of aromatic nitrogens is 11. The van der Waals surface area contributed by atoms with Gasteiger partial charge < -0.3 is 31.4 Å². The van der Waals surface area contributed by atoms with Crippen LogP contribution in [0.15, 0.2) is 72.2 Å². The van der Waals surface area contributed by atoms with E-state index >= 15 is 0 Å². The van der Waals surface area contributed by atoms with Gasteiger partial charge in [-0.25, -0.2) is 24.6 Å². The van der Waals surface area contributed by atoms with Gasteiger partial charge in [-0.15, -0.1) is 29.8 Å². The SMILES string of the molecule is C.C#CCCc1cnc(N)[nH]1.Cl.Nc1ncc(CCc2cn(Cc3nc4ccccc4[nH]3)nn2)[nH]1.[N-]=[N+]=NCc1nc2ccccc2[nH]1. The van der Waals surface area contributed by atoms with Gasteiger partial charge in [-0.2, -0.15) is 0 Å². The van der Waals surface area contributed by atoms with E-state index < -0.39 is 0 Å². The molecule has 7 rings (SSSR count). The van der Waals surface area contributed by atoms with Gasteiger partial charge in [0.2, 0.25) is 0 Å². The smallest absolute Gasteiger partial charge is 0.197 e. The van der Waals surface area contributed by atoms with Gasteiger partial charge in [-0.3, -0.25) is 0 Å². The molecule has 16 nitrogen and oxygen atoms in total. The summed E-state index contributed by atoms with van der Waals surface area (Å²) in [6.07, 6.45) is 13.6. The maximum absolute atomic E-state index is 8.12. The van der Waals surface area contributed by atoms with Gasteiger partial charge in [0.05, 0.1) is 46.7 Å². The Bertz CT molecular complexity index is 2020. The number of fused-ring (bicyclic) bond motifs is 2. The molecule has 17 heteroatoms. The molecule has 5 aromatic heterocycles. The number of rotatable bonds is 9. The Balaban J connectivity index is 0.000000213. The first-order valence-electron chi connectivity index (χ1n) is 14.3. The van der Waals surface area contributed by atoms with Gasteiger partial charge in [-0.1, -0.05) is 42.0 Å². The van der Waals surface area contributed by atoms with Gasteiger partial charge >= 0.3 is 0 Å². The summed E-state index contributed by atoms with van der Waals surface area (Å²) in [5.41, 5.74) is 25.8. The second-order valence-corrected chi connectivity index (χ2v) is 9.99. The molecule has 8 N–H and O–H groups in total. The van der Waals surface area contributed by atoms with Crippen molar-refractivity contribution >= 4 is 46.4 Å². The quantitative estimate of drug-likeness (QED) is 0.0509. The summed E-state index contributed by atoms with van der Waals surface area (Å²) in [7, 11) is 0. The van der Waals surface area contributed by atoms with Gasteiger partial charge in [0.15, 0.2) is 11.9 Å². The number of H-pyrrole nitrogens is 4. The summed E-state index contributed by atoms with van der Waals surface area (Å²) in [5, 5.41) is 11.8. The number of benzene rings is 2. The van der Waals surface area contributed by atoms with E-state index in [9.17, 15) is 0 Å². The molecule has 0 saturated carbocycles. The van der Waals surface area contributed by atoms with Crippen molar-refractivity contribution in [3.8, 4) is 12.3 Å². The van der Waals surface area contributed by atoms with Crippen molar-refractivity contribution in [2.45, 2.75) is 46.2 Å². The third-order valence-corrected chi connectivity index (χ3v) is 6.54. The molecule has 5 heterocycles. The van der Waals surface area contributed by atoms with E-state index in [4.69, 9.17) is 23.4 Å². The fraction of sp³-hybridized carbons (Fsp3) is 0.226. The van der Waals surface area contributed by atoms with Crippen LogP contribution in [-0.2, 0) is 32.4 Å². The standard InChI is InChI=1S/C15H16N8.C8H7N5.C7H9N3.CH4.ClH/c16-15-17-7-10(18-15)5-6-11-8-23(22-21-11)9-14-19-12-3-1-2-4-13(12)20-14;9-13-10-5-8-11-6-3-1-2-4-7(6)12-8;1-2-3-4-6-5-9-7(8)10-6;;/h1-4,7-8H,5-6,9H2,(H,19,20)(H3,16,17,18);1-4H,5H2,(H,11,12);1,5H,3-4H2,(H3,8,9,10);1H4;1H. The zero-order valence-electron chi connectivity index (χ0n) is 25.2. The molecular formula is C31H37ClN16. The summed E-state index contributed by atoms with van der Waals surface area (Å²) >= 11 is 0. The molecular weight excluding hydrogens is 632 g/mol. The molecule has 0 spiro atoms. The number of aryl methyl sites for hydroxylation is 3. The summed E-state index contributed by atoms with van der Waals surface area (Å²) in [6, 6.07) is 15.6. The molecule has 0 saturated heterocycles. The molecule has 0 atom stereocenters. The predicted molar refractivity (Wildman–Crippen MR) is 189 cm³/mol. The Hall–Kier alpha value is -6.30. The van der Waals surface area contributed by atoms with Gasteiger partial charge in [-0.05, 0) is 42.6 Å². The number of azide groups is 1. The first-order valence-corrected chi connectivity index (χ1v) is 14.3. The van der Waals surface area contributed by atoms with Crippen LogP contribution < -0.4 is 11.5 Å². The molecule has 0 unspecified atom stereocenters. The minimum atomic E-state index is 0. The molecule has 0 amide bonds. The van der Waals surface area contributed by atoms with E-state index in [1.807, 2.05) is 54.7 Å². The van der Waals surface area contributed by atoms with Crippen LogP contribution in [0.3, 0.4) is 0 Å². The number of aromatic amines is 4. The molecule has 0 aliphatic heterocycles. The number of nitrogens with two attached hydrogens (primary N) is 2. The lowest BCUT2D eigenvalue weighted by atomic mass is 10.2. The van der Waals surface area contributed by atoms with Crippen molar-refractivity contribution in [2.24, 2.45) is 5.11 Å². The minimum absolute atomic E-state index is 0. The van der Waals surface area contributed by atoms with E-state index in [2.05, 4.69) is 66.1 Å². The Kier molecular flexibility index (Phi) is 13.6. The van der Waals surface area contributed by atoms with E-state index in [0.717, 1.165) is 70.7 Å². The van der Waals surface area contributed by atoms with Crippen LogP contribution in [0.4, 0.5) is 11.9 Å². The van der Waals surface area contributed by atoms with Crippen LogP contribution in [0, 0.1) is 12.3 Å². The number of nitrogens with zero attached hydrogens (tertiary/aromatic N) is 10. The van der Waals surface area contributed by atoms with Gasteiger partial charge in [0.25, 0.3) is 0 Å². The Morgan fingerprint density at radius 1 is 0.833 bits per heavy atom. The van der Waals surface area contributed by atoms with E-state index in [0.29, 0.717) is 24.3 Å². The van der Waals surface area contributed by atoms with Crippen LogP contribution in [0.2, 0.25) is 0 Å². The number of halogens is 1. The highest BCUT2D eigenvalue weighted by Crippen LogP contribution is 2.12. The van der Waals surface area contributed by atoms with Crippen LogP contribution in [0.25, 0.3) is 32.5 Å². The minimum Gasteiger partial charge on any atom is -0.369 e. The molecule has 2 aromatic carbocycles. The molecule has 0 aliphatic carbocycles. The molecule has 0 fully saturated rings. The van der Waals surface area contributed by atoms with Crippen molar-refractivity contribution in [3.63, 3.8) is 0 Å². The normalized spacial score (nSPS) is 9.98. The van der Waals surface area contributed by atoms with E-state index in [1.54, 1.807) is 17.1 Å². The molecule has 7 aromatic rings. The number of hydrogen-bond donors (Lipinski definition) is 6. The highest BCUT2D eigenvalue weighted by atomic mass is 35.5. The largest absolute Gasteiger partial charge is 0.369 e. The molecule has 0 aliphatic rings. The van der Waals surface area contributed by atoms with E-state index in [1.165, 1.54) is 0 Å². The average molecular weight is 669 g/mol. The second-order valence-electron chi connectivity index (χ2n) is 9.99. The number of terminal acetylenes is 1. The first kappa shape index (κ1) is 36.2. The number of anilines is 2. The summed E-state index contributed by atoms with van der Waals surface area (Å²) in [5.74, 6) is 4.98. The number of nitrogen functional groups attached to an aromatic ring is 2. The summed E-state index contributed by atoms with van der Waals surface area (Å²) in [4.78, 5) is 31.5. The highest BCUT2D eigenvalue weighted by molar-refractivity contribution is 5.85. The maximum Gasteiger partial charge on any atom is 0.197 e. The highest BCUT2D eigenvalue weighted by Gasteiger charge is 2.07. The first-order chi connectivity index (χ1) is 22.5. The van der Waals surface area contributed by atoms with Crippen molar-refractivity contribution in [1.29, 1.82) is 0 Å². The topological polar surface area (TPSA) is 246 Å². The average Bonchev–Trinajstić information content (AvgIpc) is 3.90.